The van der Waals surface area contributed by atoms with Crippen molar-refractivity contribution in [3.8, 4) is 0 Å². The minimum Gasteiger partial charge on any atom is -0.366 e. The number of piperazine rings is 1. The molecule has 2 saturated heterocycles. The van der Waals surface area contributed by atoms with Gasteiger partial charge in [-0.3, -0.25) is 9.59 Å². The lowest BCUT2D eigenvalue weighted by molar-refractivity contribution is -0.136. The van der Waals surface area contributed by atoms with Gasteiger partial charge < -0.3 is 15.1 Å². The summed E-state index contributed by atoms with van der Waals surface area (Å²) in [6, 6.07) is 4.61. The monoisotopic (exact) mass is 405 g/mol. The van der Waals surface area contributed by atoms with Gasteiger partial charge >= 0.3 is 0 Å². The van der Waals surface area contributed by atoms with Crippen molar-refractivity contribution in [2.45, 2.75) is 19.8 Å². The quantitative estimate of drug-likeness (QED) is 0.784. The van der Waals surface area contributed by atoms with Gasteiger partial charge in [-0.2, -0.15) is 0 Å². The van der Waals surface area contributed by atoms with Crippen LogP contribution in [-0.4, -0.2) is 55.9 Å². The summed E-state index contributed by atoms with van der Waals surface area (Å²) >= 11 is 0. The molecule has 1 aromatic carbocycles. The van der Waals surface area contributed by atoms with Crippen LogP contribution in [0.25, 0.3) is 0 Å². The highest BCUT2D eigenvalue weighted by atomic mass is 35.5. The van der Waals surface area contributed by atoms with E-state index >= 15 is 0 Å². The first-order valence-corrected chi connectivity index (χ1v) is 8.61. The third-order valence-electron chi connectivity index (χ3n) is 4.93. The Morgan fingerprint density at radius 3 is 2.38 bits per heavy atom. The van der Waals surface area contributed by atoms with Crippen molar-refractivity contribution in [3.63, 3.8) is 0 Å². The van der Waals surface area contributed by atoms with Crippen molar-refractivity contribution in [1.29, 1.82) is 0 Å². The first-order valence-electron chi connectivity index (χ1n) is 8.61. The number of rotatable bonds is 3. The number of carbonyl (C=O) groups excluding carboxylic acids is 2. The molecule has 26 heavy (non-hydrogen) atoms. The highest BCUT2D eigenvalue weighted by Crippen LogP contribution is 2.23. The number of halogens is 3. The zero-order chi connectivity index (χ0) is 17.1. The molecule has 3 rings (SSSR count). The molecule has 0 aliphatic carbocycles. The van der Waals surface area contributed by atoms with E-state index in [1.807, 2.05) is 9.80 Å². The van der Waals surface area contributed by atoms with E-state index in [0.717, 1.165) is 25.9 Å². The highest BCUT2D eigenvalue weighted by Gasteiger charge is 2.29. The van der Waals surface area contributed by atoms with Crippen molar-refractivity contribution in [2.24, 2.45) is 5.92 Å². The van der Waals surface area contributed by atoms with Crippen molar-refractivity contribution in [1.82, 2.24) is 10.2 Å². The SMILES string of the molecule is CC(=O)c1ccc(N2CCN(C(=O)C3CCCNC3)CC2)c(F)c1.Cl.Cl. The number of benzene rings is 1. The predicted molar refractivity (Wildman–Crippen MR) is 105 cm³/mol. The molecule has 0 aromatic heterocycles. The molecular weight excluding hydrogens is 380 g/mol. The summed E-state index contributed by atoms with van der Waals surface area (Å²) < 4.78 is 14.3. The molecule has 0 radical (unpaired) electrons. The van der Waals surface area contributed by atoms with Crippen LogP contribution in [0, 0.1) is 11.7 Å². The maximum atomic E-state index is 14.3. The van der Waals surface area contributed by atoms with Crippen LogP contribution in [0.3, 0.4) is 0 Å². The van der Waals surface area contributed by atoms with Crippen molar-refractivity contribution in [3.05, 3.63) is 29.6 Å². The number of hydrogen-bond acceptors (Lipinski definition) is 4. The molecule has 0 bridgehead atoms. The summed E-state index contributed by atoms with van der Waals surface area (Å²) in [5.41, 5.74) is 0.890. The number of piperidine rings is 1. The number of amides is 1. The molecule has 2 heterocycles. The molecule has 0 spiro atoms. The third-order valence-corrected chi connectivity index (χ3v) is 4.93. The number of Topliss-reactive ketones (excluding diaryl/α,β-unsaturated/α-hetero) is 1. The average Bonchev–Trinajstić information content (AvgIpc) is 2.62. The smallest absolute Gasteiger partial charge is 0.227 e. The van der Waals surface area contributed by atoms with E-state index in [1.165, 1.54) is 13.0 Å². The van der Waals surface area contributed by atoms with Crippen LogP contribution in [0.2, 0.25) is 0 Å². The largest absolute Gasteiger partial charge is 0.366 e. The van der Waals surface area contributed by atoms with E-state index in [2.05, 4.69) is 5.32 Å². The predicted octanol–water partition coefficient (Wildman–Crippen LogP) is 2.52. The average molecular weight is 406 g/mol. The fourth-order valence-electron chi connectivity index (χ4n) is 3.47. The van der Waals surface area contributed by atoms with E-state index in [4.69, 9.17) is 0 Å². The second-order valence-corrected chi connectivity index (χ2v) is 6.58. The van der Waals surface area contributed by atoms with Crippen LogP contribution in [-0.2, 0) is 4.79 Å². The molecular formula is C18H26Cl2FN3O2. The van der Waals surface area contributed by atoms with Gasteiger partial charge in [0.2, 0.25) is 5.91 Å². The number of anilines is 1. The van der Waals surface area contributed by atoms with E-state index in [0.29, 0.717) is 37.4 Å². The zero-order valence-corrected chi connectivity index (χ0v) is 16.5. The molecule has 2 aliphatic rings. The van der Waals surface area contributed by atoms with Crippen LogP contribution in [0.4, 0.5) is 10.1 Å². The number of carbonyl (C=O) groups is 2. The second kappa shape index (κ2) is 10.1. The van der Waals surface area contributed by atoms with Gasteiger partial charge in [0.05, 0.1) is 11.6 Å². The fraction of sp³-hybridized carbons (Fsp3) is 0.556. The van der Waals surface area contributed by atoms with Crippen LogP contribution < -0.4 is 10.2 Å². The van der Waals surface area contributed by atoms with Gasteiger partial charge in [0, 0.05) is 38.3 Å². The number of hydrogen-bond donors (Lipinski definition) is 1. The standard InChI is InChI=1S/C18H24FN3O2.2ClH/c1-13(23)14-4-5-17(16(19)11-14)21-7-9-22(10-8-21)18(24)15-3-2-6-20-12-15;;/h4-5,11,15,20H,2-3,6-10,12H2,1H3;2*1H. The summed E-state index contributed by atoms with van der Waals surface area (Å²) in [5.74, 6) is -0.220. The van der Waals surface area contributed by atoms with Crippen LogP contribution in [0.5, 0.6) is 0 Å². The van der Waals surface area contributed by atoms with E-state index in [9.17, 15) is 14.0 Å². The maximum absolute atomic E-state index is 14.3. The Morgan fingerprint density at radius 2 is 1.85 bits per heavy atom. The third kappa shape index (κ3) is 5.09. The van der Waals surface area contributed by atoms with E-state index < -0.39 is 0 Å². The molecule has 1 N–H and O–H groups in total. The molecule has 8 heteroatoms. The number of nitrogens with zero attached hydrogens (tertiary/aromatic N) is 2. The lowest BCUT2D eigenvalue weighted by Gasteiger charge is -2.38. The summed E-state index contributed by atoms with van der Waals surface area (Å²) in [6.07, 6.45) is 2.00. The molecule has 1 aromatic rings. The lowest BCUT2D eigenvalue weighted by atomic mass is 9.98. The van der Waals surface area contributed by atoms with Crippen LogP contribution in [0.1, 0.15) is 30.1 Å². The van der Waals surface area contributed by atoms with Gasteiger partial charge in [-0.05, 0) is 44.5 Å². The van der Waals surface area contributed by atoms with Gasteiger partial charge in [0.1, 0.15) is 5.82 Å². The molecule has 2 aliphatic heterocycles. The highest BCUT2D eigenvalue weighted by molar-refractivity contribution is 5.94. The van der Waals surface area contributed by atoms with Crippen molar-refractivity contribution in [2.75, 3.05) is 44.2 Å². The Balaban J connectivity index is 0.00000169. The van der Waals surface area contributed by atoms with Gasteiger partial charge in [-0.15, -0.1) is 24.8 Å². The molecule has 2 fully saturated rings. The Kier molecular flexibility index (Phi) is 8.80. The minimum atomic E-state index is -0.376. The van der Waals surface area contributed by atoms with Gasteiger partial charge in [0.25, 0.3) is 0 Å². The minimum absolute atomic E-state index is 0. The molecule has 1 amide bonds. The van der Waals surface area contributed by atoms with E-state index in [1.54, 1.807) is 12.1 Å². The summed E-state index contributed by atoms with van der Waals surface area (Å²) in [5, 5.41) is 3.28. The fourth-order valence-corrected chi connectivity index (χ4v) is 3.47. The van der Waals surface area contributed by atoms with Crippen molar-refractivity contribution >= 4 is 42.2 Å². The molecule has 146 valence electrons. The normalized spacial score (nSPS) is 20.0. The summed E-state index contributed by atoms with van der Waals surface area (Å²) in [7, 11) is 0. The van der Waals surface area contributed by atoms with Gasteiger partial charge in [0.15, 0.2) is 5.78 Å². The Bertz CT molecular complexity index is 631. The number of ketones is 1. The Hall–Kier alpha value is -1.37. The molecule has 1 unspecified atom stereocenters. The molecule has 5 nitrogen and oxygen atoms in total. The Morgan fingerprint density at radius 1 is 1.15 bits per heavy atom. The number of nitrogens with one attached hydrogen (secondary N) is 1. The van der Waals surface area contributed by atoms with E-state index in [-0.39, 0.29) is 48.2 Å². The summed E-state index contributed by atoms with van der Waals surface area (Å²) in [6.45, 7) is 5.64. The lowest BCUT2D eigenvalue weighted by Crippen LogP contribution is -2.52. The van der Waals surface area contributed by atoms with Crippen LogP contribution >= 0.6 is 24.8 Å². The first kappa shape index (κ1) is 22.7. The van der Waals surface area contributed by atoms with Crippen LogP contribution in [0.15, 0.2) is 18.2 Å². The van der Waals surface area contributed by atoms with Gasteiger partial charge in [-0.1, -0.05) is 0 Å². The van der Waals surface area contributed by atoms with Gasteiger partial charge in [-0.25, -0.2) is 4.39 Å². The topological polar surface area (TPSA) is 52.7 Å². The molecule has 1 atom stereocenters. The first-order chi connectivity index (χ1) is 11.6. The zero-order valence-electron chi connectivity index (χ0n) is 14.9. The summed E-state index contributed by atoms with van der Waals surface area (Å²) in [4.78, 5) is 27.7. The maximum Gasteiger partial charge on any atom is 0.227 e. The Labute approximate surface area is 166 Å². The molecule has 0 saturated carbocycles. The second-order valence-electron chi connectivity index (χ2n) is 6.58. The van der Waals surface area contributed by atoms with Crippen molar-refractivity contribution < 1.29 is 14.0 Å².